The van der Waals surface area contributed by atoms with E-state index in [9.17, 15) is 4.79 Å². The number of ether oxygens (including phenoxy) is 1. The second-order valence-electron chi connectivity index (χ2n) is 2.11. The zero-order valence-corrected chi connectivity index (χ0v) is 4.91. The lowest BCUT2D eigenvalue weighted by Crippen LogP contribution is -2.31. The monoisotopic (exact) mass is 131 g/mol. The molecule has 9 heavy (non-hydrogen) atoms. The predicted octanol–water partition coefficient (Wildman–Crippen LogP) is -1.52. The molecule has 1 heterocycles. The molecule has 52 valence electrons. The number of hydrogen-bond donors (Lipinski definition) is 2. The van der Waals surface area contributed by atoms with Crippen LogP contribution in [-0.4, -0.2) is 30.3 Å². The molecule has 1 aliphatic rings. The topological polar surface area (TPSA) is 72.6 Å². The van der Waals surface area contributed by atoms with Gasteiger partial charge in [-0.15, -0.1) is 0 Å². The second kappa shape index (κ2) is 2.33. The van der Waals surface area contributed by atoms with Crippen LogP contribution in [0.2, 0.25) is 0 Å². The van der Waals surface area contributed by atoms with Crippen LogP contribution in [-0.2, 0) is 9.53 Å². The quantitative estimate of drug-likeness (QED) is 0.454. The average molecular weight is 131 g/mol. The van der Waals surface area contributed by atoms with Crippen LogP contribution in [0, 0.1) is 5.92 Å². The lowest BCUT2D eigenvalue weighted by Gasteiger charge is -2.05. The highest BCUT2D eigenvalue weighted by Crippen LogP contribution is 2.11. The molecule has 1 amide bonds. The molecule has 0 aromatic carbocycles. The summed E-state index contributed by atoms with van der Waals surface area (Å²) in [5, 5.41) is 8.93. The lowest BCUT2D eigenvalue weighted by molar-refractivity contribution is -0.123. The minimum absolute atomic E-state index is 0.230. The van der Waals surface area contributed by atoms with E-state index in [1.54, 1.807) is 0 Å². The standard InChI is InChI=1S/C5H9NO3/c6-5(8)3-1-9-2-4(3)7/h3-4,7H,1-2H2,(H2,6,8)/t3-,4-/m0/s1. The zero-order valence-electron chi connectivity index (χ0n) is 4.91. The molecule has 0 aromatic heterocycles. The van der Waals surface area contributed by atoms with Crippen molar-refractivity contribution in [2.24, 2.45) is 11.7 Å². The molecule has 1 rings (SSSR count). The van der Waals surface area contributed by atoms with Gasteiger partial charge in [-0.05, 0) is 0 Å². The first-order chi connectivity index (χ1) is 4.22. The number of hydrogen-bond acceptors (Lipinski definition) is 3. The van der Waals surface area contributed by atoms with Gasteiger partial charge < -0.3 is 15.6 Å². The van der Waals surface area contributed by atoms with Crippen LogP contribution in [0.15, 0.2) is 0 Å². The fourth-order valence-electron chi connectivity index (χ4n) is 0.815. The molecule has 1 aliphatic heterocycles. The first kappa shape index (κ1) is 6.51. The minimum atomic E-state index is -0.692. The largest absolute Gasteiger partial charge is 0.390 e. The molecular formula is C5H9NO3. The van der Waals surface area contributed by atoms with Gasteiger partial charge in [0.05, 0.1) is 25.2 Å². The van der Waals surface area contributed by atoms with Crippen LogP contribution in [0.5, 0.6) is 0 Å². The van der Waals surface area contributed by atoms with E-state index in [0.29, 0.717) is 0 Å². The number of rotatable bonds is 1. The third kappa shape index (κ3) is 1.20. The van der Waals surface area contributed by atoms with Crippen LogP contribution in [0.4, 0.5) is 0 Å². The molecule has 0 bridgehead atoms. The van der Waals surface area contributed by atoms with E-state index in [-0.39, 0.29) is 13.2 Å². The lowest BCUT2D eigenvalue weighted by atomic mass is 10.1. The zero-order chi connectivity index (χ0) is 6.85. The Morgan fingerprint density at radius 2 is 2.33 bits per heavy atom. The summed E-state index contributed by atoms with van der Waals surface area (Å²) in [5.41, 5.74) is 4.91. The maximum Gasteiger partial charge on any atom is 0.225 e. The number of primary amides is 1. The third-order valence-corrected chi connectivity index (χ3v) is 1.42. The maximum absolute atomic E-state index is 10.4. The number of aliphatic hydroxyl groups is 1. The molecule has 0 saturated carbocycles. The van der Waals surface area contributed by atoms with Gasteiger partial charge in [0.15, 0.2) is 0 Å². The van der Waals surface area contributed by atoms with Crippen molar-refractivity contribution in [1.82, 2.24) is 0 Å². The molecule has 4 nitrogen and oxygen atoms in total. The highest BCUT2D eigenvalue weighted by Gasteiger charge is 2.30. The van der Waals surface area contributed by atoms with Crippen molar-refractivity contribution in [1.29, 1.82) is 0 Å². The van der Waals surface area contributed by atoms with Crippen molar-refractivity contribution in [3.8, 4) is 0 Å². The van der Waals surface area contributed by atoms with Crippen LogP contribution >= 0.6 is 0 Å². The second-order valence-corrected chi connectivity index (χ2v) is 2.11. The summed E-state index contributed by atoms with van der Waals surface area (Å²) in [6.07, 6.45) is -0.692. The van der Waals surface area contributed by atoms with Crippen molar-refractivity contribution < 1.29 is 14.6 Å². The first-order valence-electron chi connectivity index (χ1n) is 2.77. The van der Waals surface area contributed by atoms with Crippen LogP contribution in [0.25, 0.3) is 0 Å². The Labute approximate surface area is 52.6 Å². The Kier molecular flexibility index (Phi) is 1.68. The Morgan fingerprint density at radius 1 is 1.67 bits per heavy atom. The summed E-state index contributed by atoms with van der Waals surface area (Å²) >= 11 is 0. The summed E-state index contributed by atoms with van der Waals surface area (Å²) < 4.78 is 4.78. The van der Waals surface area contributed by atoms with E-state index in [2.05, 4.69) is 0 Å². The van der Waals surface area contributed by atoms with Gasteiger partial charge in [0.2, 0.25) is 5.91 Å². The maximum atomic E-state index is 10.4. The van der Waals surface area contributed by atoms with Gasteiger partial charge in [-0.2, -0.15) is 0 Å². The number of carbonyl (C=O) groups excluding carboxylic acids is 1. The smallest absolute Gasteiger partial charge is 0.225 e. The van der Waals surface area contributed by atoms with Gasteiger partial charge in [-0.25, -0.2) is 0 Å². The Balaban J connectivity index is 2.49. The van der Waals surface area contributed by atoms with E-state index < -0.39 is 17.9 Å². The van der Waals surface area contributed by atoms with Gasteiger partial charge in [0.1, 0.15) is 0 Å². The SMILES string of the molecule is NC(=O)[C@H]1COC[C@@H]1O. The predicted molar refractivity (Wildman–Crippen MR) is 29.5 cm³/mol. The Bertz CT molecular complexity index is 125. The number of nitrogens with two attached hydrogens (primary N) is 1. The highest BCUT2D eigenvalue weighted by molar-refractivity contribution is 5.77. The van der Waals surface area contributed by atoms with Crippen molar-refractivity contribution in [2.75, 3.05) is 13.2 Å². The van der Waals surface area contributed by atoms with Gasteiger partial charge >= 0.3 is 0 Å². The van der Waals surface area contributed by atoms with Crippen LogP contribution in [0.1, 0.15) is 0 Å². The summed E-state index contributed by atoms with van der Waals surface area (Å²) in [6, 6.07) is 0. The molecule has 0 aliphatic carbocycles. The van der Waals surface area contributed by atoms with Crippen molar-refractivity contribution in [3.05, 3.63) is 0 Å². The summed E-state index contributed by atoms with van der Waals surface area (Å²) in [6.45, 7) is 0.490. The molecule has 2 atom stereocenters. The minimum Gasteiger partial charge on any atom is -0.390 e. The van der Waals surface area contributed by atoms with Crippen molar-refractivity contribution >= 4 is 5.91 Å². The third-order valence-electron chi connectivity index (χ3n) is 1.42. The Hall–Kier alpha value is -0.610. The molecule has 0 aromatic rings. The number of carbonyl (C=O) groups is 1. The van der Waals surface area contributed by atoms with Crippen molar-refractivity contribution in [2.45, 2.75) is 6.10 Å². The summed E-state index contributed by atoms with van der Waals surface area (Å²) in [4.78, 5) is 10.4. The van der Waals surface area contributed by atoms with E-state index in [1.165, 1.54) is 0 Å². The van der Waals surface area contributed by atoms with Gasteiger partial charge in [-0.1, -0.05) is 0 Å². The fourth-order valence-corrected chi connectivity index (χ4v) is 0.815. The average Bonchev–Trinajstić information content (AvgIpc) is 2.13. The molecule has 0 unspecified atom stereocenters. The van der Waals surface area contributed by atoms with Gasteiger partial charge in [0, 0.05) is 0 Å². The number of amides is 1. The van der Waals surface area contributed by atoms with E-state index in [4.69, 9.17) is 15.6 Å². The van der Waals surface area contributed by atoms with E-state index >= 15 is 0 Å². The molecule has 0 radical (unpaired) electrons. The summed E-state index contributed by atoms with van der Waals surface area (Å²) in [5.74, 6) is -0.981. The Morgan fingerprint density at radius 3 is 2.56 bits per heavy atom. The van der Waals surface area contributed by atoms with E-state index in [1.807, 2.05) is 0 Å². The first-order valence-corrected chi connectivity index (χ1v) is 2.77. The highest BCUT2D eigenvalue weighted by atomic mass is 16.5. The van der Waals surface area contributed by atoms with Gasteiger partial charge in [-0.3, -0.25) is 4.79 Å². The van der Waals surface area contributed by atoms with Crippen LogP contribution < -0.4 is 5.73 Å². The molecule has 1 saturated heterocycles. The normalized spacial score (nSPS) is 34.8. The van der Waals surface area contributed by atoms with Crippen LogP contribution in [0.3, 0.4) is 0 Å². The van der Waals surface area contributed by atoms with Gasteiger partial charge in [0.25, 0.3) is 0 Å². The number of aliphatic hydroxyl groups excluding tert-OH is 1. The molecule has 4 heteroatoms. The molecular weight excluding hydrogens is 122 g/mol. The van der Waals surface area contributed by atoms with E-state index in [0.717, 1.165) is 0 Å². The molecule has 3 N–H and O–H groups in total. The fraction of sp³-hybridized carbons (Fsp3) is 0.800. The van der Waals surface area contributed by atoms with Crippen molar-refractivity contribution in [3.63, 3.8) is 0 Å². The molecule has 1 fully saturated rings. The molecule has 0 spiro atoms. The summed E-state index contributed by atoms with van der Waals surface area (Å²) in [7, 11) is 0.